The van der Waals surface area contributed by atoms with E-state index in [1.165, 1.54) is 0 Å². The lowest BCUT2D eigenvalue weighted by Gasteiger charge is -2.13. The van der Waals surface area contributed by atoms with Crippen LogP contribution in [0.1, 0.15) is 11.1 Å². The molecule has 2 aromatic carbocycles. The second-order valence-corrected chi connectivity index (χ2v) is 8.14. The number of thioether (sulfide) groups is 1. The summed E-state index contributed by atoms with van der Waals surface area (Å²) >= 11 is 16.3. The molecule has 4 nitrogen and oxygen atoms in total. The van der Waals surface area contributed by atoms with Gasteiger partial charge in [-0.3, -0.25) is 14.5 Å². The number of benzene rings is 2. The highest BCUT2D eigenvalue weighted by Crippen LogP contribution is 2.36. The van der Waals surface area contributed by atoms with Gasteiger partial charge in [0.2, 0.25) is 0 Å². The smallest absolute Gasteiger partial charge is 0.293 e. The molecule has 1 saturated heterocycles. The van der Waals surface area contributed by atoms with Crippen LogP contribution in [0.4, 0.5) is 4.79 Å². The minimum absolute atomic E-state index is 0.0909. The minimum Gasteiger partial charge on any atom is -0.496 e. The van der Waals surface area contributed by atoms with Crippen molar-refractivity contribution in [1.29, 1.82) is 0 Å². The van der Waals surface area contributed by atoms with Gasteiger partial charge in [-0.25, -0.2) is 0 Å². The van der Waals surface area contributed by atoms with Crippen LogP contribution in [0.5, 0.6) is 5.75 Å². The van der Waals surface area contributed by atoms with Crippen LogP contribution >= 0.6 is 50.9 Å². The second kappa shape index (κ2) is 8.05. The van der Waals surface area contributed by atoms with Gasteiger partial charge in [0.15, 0.2) is 0 Å². The third-order valence-corrected chi connectivity index (χ3v) is 5.68. The van der Waals surface area contributed by atoms with E-state index in [0.29, 0.717) is 31.8 Å². The maximum absolute atomic E-state index is 12.7. The molecule has 1 fully saturated rings. The van der Waals surface area contributed by atoms with Crippen molar-refractivity contribution in [3.8, 4) is 5.75 Å². The van der Waals surface area contributed by atoms with Gasteiger partial charge < -0.3 is 4.74 Å². The van der Waals surface area contributed by atoms with Crippen LogP contribution in [0.2, 0.25) is 10.0 Å². The van der Waals surface area contributed by atoms with Gasteiger partial charge in [-0.1, -0.05) is 45.2 Å². The number of hydrogen-bond acceptors (Lipinski definition) is 4. The normalized spacial score (nSPS) is 15.8. The number of imide groups is 1. The van der Waals surface area contributed by atoms with Gasteiger partial charge in [-0.2, -0.15) is 0 Å². The monoisotopic (exact) mass is 471 g/mol. The summed E-state index contributed by atoms with van der Waals surface area (Å²) in [5, 5.41) is 0.560. The van der Waals surface area contributed by atoms with Crippen molar-refractivity contribution in [2.45, 2.75) is 6.54 Å². The summed E-state index contributed by atoms with van der Waals surface area (Å²) in [5.74, 6) is 0.244. The summed E-state index contributed by atoms with van der Waals surface area (Å²) in [6, 6.07) is 10.4. The maximum Gasteiger partial charge on any atom is 0.293 e. The summed E-state index contributed by atoms with van der Waals surface area (Å²) < 4.78 is 6.15. The summed E-state index contributed by atoms with van der Waals surface area (Å²) in [6.07, 6.45) is 1.65. The second-order valence-electron chi connectivity index (χ2n) is 5.39. The Kier molecular flexibility index (Phi) is 5.97. The Morgan fingerprint density at radius 2 is 1.96 bits per heavy atom. The lowest BCUT2D eigenvalue weighted by Crippen LogP contribution is -2.27. The van der Waals surface area contributed by atoms with Crippen LogP contribution in [-0.2, 0) is 11.3 Å². The molecule has 134 valence electrons. The van der Waals surface area contributed by atoms with Crippen molar-refractivity contribution in [3.05, 3.63) is 66.9 Å². The number of halogens is 3. The molecule has 0 aliphatic carbocycles. The molecule has 0 bridgehead atoms. The molecule has 0 spiro atoms. The van der Waals surface area contributed by atoms with E-state index >= 15 is 0 Å². The van der Waals surface area contributed by atoms with Crippen molar-refractivity contribution < 1.29 is 14.3 Å². The van der Waals surface area contributed by atoms with Gasteiger partial charge in [0.05, 0.1) is 18.6 Å². The molecule has 0 saturated carbocycles. The fraction of sp³-hybridized carbons (Fsp3) is 0.111. The SMILES string of the molecule is COc1ccc(Br)cc1/C=C1/SC(=O)N(Cc2ccc(Cl)cc2Cl)C1=O. The Morgan fingerprint density at radius 1 is 1.19 bits per heavy atom. The number of carbonyl (C=O) groups is 2. The van der Waals surface area contributed by atoms with Crippen LogP contribution in [0.25, 0.3) is 6.08 Å². The first-order valence-electron chi connectivity index (χ1n) is 7.42. The molecule has 1 aliphatic rings. The molecule has 1 heterocycles. The third-order valence-electron chi connectivity index (χ3n) is 3.70. The fourth-order valence-electron chi connectivity index (χ4n) is 2.42. The molecule has 2 amide bonds. The topological polar surface area (TPSA) is 46.6 Å². The zero-order chi connectivity index (χ0) is 18.8. The number of nitrogens with zero attached hydrogens (tertiary/aromatic N) is 1. The van der Waals surface area contributed by atoms with Crippen molar-refractivity contribution in [2.75, 3.05) is 7.11 Å². The van der Waals surface area contributed by atoms with Gasteiger partial charge in [-0.15, -0.1) is 0 Å². The van der Waals surface area contributed by atoms with E-state index < -0.39 is 0 Å². The third kappa shape index (κ3) is 4.09. The molecule has 0 radical (unpaired) electrons. The summed E-state index contributed by atoms with van der Waals surface area (Å²) in [7, 11) is 1.55. The first-order chi connectivity index (χ1) is 12.4. The number of ether oxygens (including phenoxy) is 1. The molecule has 2 aromatic rings. The molecule has 3 rings (SSSR count). The molecule has 0 N–H and O–H groups in total. The Balaban J connectivity index is 1.88. The lowest BCUT2D eigenvalue weighted by molar-refractivity contribution is -0.123. The van der Waals surface area contributed by atoms with Crippen LogP contribution < -0.4 is 4.74 Å². The number of carbonyl (C=O) groups excluding carboxylic acids is 2. The average molecular weight is 473 g/mol. The highest BCUT2D eigenvalue weighted by Gasteiger charge is 2.35. The summed E-state index contributed by atoms with van der Waals surface area (Å²) in [5.41, 5.74) is 1.36. The molecule has 26 heavy (non-hydrogen) atoms. The predicted molar refractivity (Wildman–Crippen MR) is 109 cm³/mol. The largest absolute Gasteiger partial charge is 0.496 e. The molecular formula is C18H12BrCl2NO3S. The van der Waals surface area contributed by atoms with Gasteiger partial charge in [-0.05, 0) is 53.7 Å². The fourth-order valence-corrected chi connectivity index (χ4v) is 4.09. The molecular weight excluding hydrogens is 461 g/mol. The molecule has 1 aliphatic heterocycles. The highest BCUT2D eigenvalue weighted by molar-refractivity contribution is 9.10. The van der Waals surface area contributed by atoms with Crippen LogP contribution in [0.15, 0.2) is 45.8 Å². The van der Waals surface area contributed by atoms with Crippen molar-refractivity contribution in [2.24, 2.45) is 0 Å². The average Bonchev–Trinajstić information content (AvgIpc) is 2.85. The van der Waals surface area contributed by atoms with E-state index in [1.54, 1.807) is 37.5 Å². The Morgan fingerprint density at radius 3 is 2.65 bits per heavy atom. The molecule has 0 atom stereocenters. The van der Waals surface area contributed by atoms with Crippen LogP contribution in [0, 0.1) is 0 Å². The molecule has 0 unspecified atom stereocenters. The van der Waals surface area contributed by atoms with Crippen LogP contribution in [-0.4, -0.2) is 23.2 Å². The van der Waals surface area contributed by atoms with Crippen molar-refractivity contribution in [1.82, 2.24) is 4.90 Å². The number of hydrogen-bond donors (Lipinski definition) is 0. The first-order valence-corrected chi connectivity index (χ1v) is 9.78. The van der Waals surface area contributed by atoms with E-state index in [4.69, 9.17) is 27.9 Å². The number of amides is 2. The zero-order valence-electron chi connectivity index (χ0n) is 13.5. The van der Waals surface area contributed by atoms with Crippen molar-refractivity contribution >= 4 is 68.1 Å². The molecule has 8 heteroatoms. The van der Waals surface area contributed by atoms with E-state index in [9.17, 15) is 9.59 Å². The predicted octanol–water partition coefficient (Wildman–Crippen LogP) is 6.00. The zero-order valence-corrected chi connectivity index (χ0v) is 17.4. The van der Waals surface area contributed by atoms with Gasteiger partial charge in [0, 0.05) is 20.1 Å². The minimum atomic E-state index is -0.368. The van der Waals surface area contributed by atoms with Gasteiger partial charge >= 0.3 is 0 Å². The van der Waals surface area contributed by atoms with E-state index in [1.807, 2.05) is 12.1 Å². The first kappa shape index (κ1) is 19.3. The highest BCUT2D eigenvalue weighted by atomic mass is 79.9. The Labute approximate surface area is 173 Å². The quantitative estimate of drug-likeness (QED) is 0.512. The van der Waals surface area contributed by atoms with Gasteiger partial charge in [0.25, 0.3) is 11.1 Å². The summed E-state index contributed by atoms with van der Waals surface area (Å²) in [4.78, 5) is 26.5. The Hall–Kier alpha value is -1.47. The van der Waals surface area contributed by atoms with Gasteiger partial charge in [0.1, 0.15) is 5.75 Å². The van der Waals surface area contributed by atoms with E-state index in [0.717, 1.165) is 21.1 Å². The molecule has 0 aromatic heterocycles. The van der Waals surface area contributed by atoms with E-state index in [-0.39, 0.29) is 17.7 Å². The van der Waals surface area contributed by atoms with E-state index in [2.05, 4.69) is 15.9 Å². The standard InChI is InChI=1S/C18H12BrCl2NO3S/c1-25-15-5-3-12(19)6-11(15)7-16-17(23)22(18(24)26-16)9-10-2-4-13(20)8-14(10)21/h2-8H,9H2,1H3/b16-7+. The maximum atomic E-state index is 12.7. The van der Waals surface area contributed by atoms with Crippen molar-refractivity contribution in [3.63, 3.8) is 0 Å². The van der Waals surface area contributed by atoms with Crippen LogP contribution in [0.3, 0.4) is 0 Å². The number of methoxy groups -OCH3 is 1. The summed E-state index contributed by atoms with van der Waals surface area (Å²) in [6.45, 7) is 0.0909. The lowest BCUT2D eigenvalue weighted by atomic mass is 10.1. The Bertz CT molecular complexity index is 933. The number of rotatable bonds is 4.